The molecule has 0 aliphatic heterocycles. The Kier molecular flexibility index (Phi) is 1.57. The molecule has 3 N–H and O–H groups in total. The third-order valence-electron chi connectivity index (χ3n) is 1.04. The summed E-state index contributed by atoms with van der Waals surface area (Å²) < 4.78 is 0. The molecule has 0 bridgehead atoms. The van der Waals surface area contributed by atoms with E-state index in [1.54, 1.807) is 7.05 Å². The fourth-order valence-corrected chi connectivity index (χ4v) is 0.559. The Morgan fingerprint density at radius 1 is 1.90 bits per heavy atom. The molecule has 0 atom stereocenters. The molecule has 0 aromatic carbocycles. The molecule has 5 nitrogen and oxygen atoms in total. The number of aromatic amines is 1. The number of anilines is 1. The van der Waals surface area contributed by atoms with Crippen molar-refractivity contribution in [3.05, 3.63) is 12.0 Å². The lowest BCUT2D eigenvalue weighted by molar-refractivity contribution is 0.0685. The minimum atomic E-state index is -1.05. The fraction of sp³-hybridized carbons (Fsp3) is 0.200. The largest absolute Gasteiger partial charge is 0.475 e. The Balaban J connectivity index is 2.88. The second-order valence-electron chi connectivity index (χ2n) is 1.69. The lowest BCUT2D eigenvalue weighted by Crippen LogP contribution is -1.98. The summed E-state index contributed by atoms with van der Waals surface area (Å²) in [6.45, 7) is 0. The minimum absolute atomic E-state index is 0.0515. The van der Waals surface area contributed by atoms with Gasteiger partial charge in [0.25, 0.3) is 0 Å². The van der Waals surface area contributed by atoms with Crippen LogP contribution in [0.5, 0.6) is 0 Å². The van der Waals surface area contributed by atoms with Gasteiger partial charge in [-0.3, -0.25) is 0 Å². The van der Waals surface area contributed by atoms with Gasteiger partial charge in [-0.2, -0.15) is 0 Å². The van der Waals surface area contributed by atoms with E-state index in [1.165, 1.54) is 6.20 Å². The minimum Gasteiger partial charge on any atom is -0.475 e. The summed E-state index contributed by atoms with van der Waals surface area (Å²) in [4.78, 5) is 16.4. The molecule has 0 radical (unpaired) electrons. The van der Waals surface area contributed by atoms with E-state index in [1.807, 2.05) is 0 Å². The van der Waals surface area contributed by atoms with Gasteiger partial charge in [-0.25, -0.2) is 9.78 Å². The van der Waals surface area contributed by atoms with Crippen LogP contribution in [0.4, 0.5) is 5.82 Å². The van der Waals surface area contributed by atoms with Gasteiger partial charge in [0.15, 0.2) is 0 Å². The van der Waals surface area contributed by atoms with Crippen LogP contribution in [0, 0.1) is 0 Å². The number of carboxylic acid groups (broad SMARTS) is 1. The molecule has 0 unspecified atom stereocenters. The first-order valence-electron chi connectivity index (χ1n) is 2.70. The molecule has 1 aromatic heterocycles. The van der Waals surface area contributed by atoms with Crippen molar-refractivity contribution >= 4 is 11.8 Å². The van der Waals surface area contributed by atoms with Gasteiger partial charge in [0.05, 0.1) is 0 Å². The van der Waals surface area contributed by atoms with E-state index in [-0.39, 0.29) is 5.82 Å². The van der Waals surface area contributed by atoms with Gasteiger partial charge in [0.1, 0.15) is 5.82 Å². The maximum Gasteiger partial charge on any atom is 0.371 e. The fourth-order valence-electron chi connectivity index (χ4n) is 0.559. The standard InChI is InChI=1S/C5H7N3O2/c1-6-3-2-7-4(8-3)5(9)10/h2,6H,1H3,(H,7,8)(H,9,10). The van der Waals surface area contributed by atoms with Crippen molar-refractivity contribution in [3.63, 3.8) is 0 Å². The number of imidazole rings is 1. The number of aromatic nitrogens is 2. The Morgan fingerprint density at radius 3 is 2.90 bits per heavy atom. The lowest BCUT2D eigenvalue weighted by atomic mass is 10.6. The van der Waals surface area contributed by atoms with Crippen LogP contribution in [0.1, 0.15) is 10.6 Å². The SMILES string of the molecule is CNc1c[nH]c(C(=O)O)n1. The number of nitrogens with one attached hydrogen (secondary N) is 2. The molecule has 0 spiro atoms. The van der Waals surface area contributed by atoms with E-state index in [4.69, 9.17) is 5.11 Å². The molecule has 0 fully saturated rings. The summed E-state index contributed by atoms with van der Waals surface area (Å²) >= 11 is 0. The third kappa shape index (κ3) is 1.07. The highest BCUT2D eigenvalue weighted by atomic mass is 16.4. The number of H-pyrrole nitrogens is 1. The van der Waals surface area contributed by atoms with Crippen LogP contribution >= 0.6 is 0 Å². The summed E-state index contributed by atoms with van der Waals surface area (Å²) in [6, 6.07) is 0. The first kappa shape index (κ1) is 6.60. The number of carboxylic acids is 1. The monoisotopic (exact) mass is 141 g/mol. The van der Waals surface area contributed by atoms with Crippen molar-refractivity contribution in [2.24, 2.45) is 0 Å². The Hall–Kier alpha value is -1.52. The molecule has 5 heteroatoms. The quantitative estimate of drug-likeness (QED) is 0.547. The van der Waals surface area contributed by atoms with Gasteiger partial charge in [-0.05, 0) is 0 Å². The Morgan fingerprint density at radius 2 is 2.60 bits per heavy atom. The van der Waals surface area contributed by atoms with E-state index in [0.717, 1.165) is 0 Å². The van der Waals surface area contributed by atoms with E-state index < -0.39 is 5.97 Å². The van der Waals surface area contributed by atoms with Gasteiger partial charge < -0.3 is 15.4 Å². The van der Waals surface area contributed by atoms with Crippen molar-refractivity contribution < 1.29 is 9.90 Å². The molecular weight excluding hydrogens is 134 g/mol. The second kappa shape index (κ2) is 2.38. The molecule has 1 aromatic rings. The van der Waals surface area contributed by atoms with E-state index >= 15 is 0 Å². The summed E-state index contributed by atoms with van der Waals surface area (Å²) in [6.07, 6.45) is 1.49. The molecule has 0 aliphatic rings. The van der Waals surface area contributed by atoms with Crippen molar-refractivity contribution in [1.82, 2.24) is 9.97 Å². The number of rotatable bonds is 2. The third-order valence-corrected chi connectivity index (χ3v) is 1.04. The number of aromatic carboxylic acids is 1. The summed E-state index contributed by atoms with van der Waals surface area (Å²) in [7, 11) is 1.67. The molecule has 0 saturated heterocycles. The zero-order valence-corrected chi connectivity index (χ0v) is 5.38. The summed E-state index contributed by atoms with van der Waals surface area (Å²) in [5.41, 5.74) is 0. The lowest BCUT2D eigenvalue weighted by Gasteiger charge is -1.86. The van der Waals surface area contributed by atoms with E-state index in [9.17, 15) is 4.79 Å². The molecule has 1 heterocycles. The number of hydrogen-bond acceptors (Lipinski definition) is 3. The van der Waals surface area contributed by atoms with Gasteiger partial charge >= 0.3 is 5.97 Å². The predicted molar refractivity (Wildman–Crippen MR) is 35.1 cm³/mol. The van der Waals surface area contributed by atoms with Gasteiger partial charge in [-0.1, -0.05) is 0 Å². The van der Waals surface area contributed by atoms with Crippen LogP contribution in [-0.4, -0.2) is 28.1 Å². The Labute approximate surface area is 57.1 Å². The van der Waals surface area contributed by atoms with E-state index in [0.29, 0.717) is 5.82 Å². The zero-order valence-electron chi connectivity index (χ0n) is 5.38. The van der Waals surface area contributed by atoms with Crippen LogP contribution in [-0.2, 0) is 0 Å². The average molecular weight is 141 g/mol. The summed E-state index contributed by atoms with van der Waals surface area (Å²) in [5.74, 6) is -0.580. The maximum absolute atomic E-state index is 10.2. The molecule has 0 amide bonds. The highest BCUT2D eigenvalue weighted by molar-refractivity contribution is 5.83. The van der Waals surface area contributed by atoms with Gasteiger partial charge in [-0.15, -0.1) is 0 Å². The Bertz CT molecular complexity index is 243. The number of hydrogen-bond donors (Lipinski definition) is 3. The van der Waals surface area contributed by atoms with Crippen LogP contribution in [0.2, 0.25) is 0 Å². The predicted octanol–water partition coefficient (Wildman–Crippen LogP) is 0.150. The number of nitrogens with zero attached hydrogens (tertiary/aromatic N) is 1. The normalized spacial score (nSPS) is 9.30. The highest BCUT2D eigenvalue weighted by Gasteiger charge is 2.05. The van der Waals surface area contributed by atoms with Crippen LogP contribution in [0.25, 0.3) is 0 Å². The maximum atomic E-state index is 10.2. The molecule has 54 valence electrons. The number of carbonyl (C=O) groups is 1. The van der Waals surface area contributed by atoms with E-state index in [2.05, 4.69) is 15.3 Å². The van der Waals surface area contributed by atoms with Crippen molar-refractivity contribution in [2.45, 2.75) is 0 Å². The smallest absolute Gasteiger partial charge is 0.371 e. The second-order valence-corrected chi connectivity index (χ2v) is 1.69. The zero-order chi connectivity index (χ0) is 7.56. The van der Waals surface area contributed by atoms with Crippen molar-refractivity contribution in [2.75, 3.05) is 12.4 Å². The molecular formula is C5H7N3O2. The summed E-state index contributed by atoms with van der Waals surface area (Å²) in [5, 5.41) is 11.1. The molecule has 0 saturated carbocycles. The topological polar surface area (TPSA) is 78.0 Å². The van der Waals surface area contributed by atoms with Crippen LogP contribution in [0.3, 0.4) is 0 Å². The highest BCUT2D eigenvalue weighted by Crippen LogP contribution is 2.00. The first-order valence-corrected chi connectivity index (χ1v) is 2.70. The first-order chi connectivity index (χ1) is 4.74. The van der Waals surface area contributed by atoms with Gasteiger partial charge in [0.2, 0.25) is 5.82 Å². The van der Waals surface area contributed by atoms with Gasteiger partial charge in [0, 0.05) is 13.2 Å². The molecule has 1 rings (SSSR count). The van der Waals surface area contributed by atoms with Crippen molar-refractivity contribution in [1.29, 1.82) is 0 Å². The van der Waals surface area contributed by atoms with Crippen molar-refractivity contribution in [3.8, 4) is 0 Å². The molecule has 10 heavy (non-hydrogen) atoms. The van der Waals surface area contributed by atoms with Crippen LogP contribution in [0.15, 0.2) is 6.20 Å². The molecule has 0 aliphatic carbocycles. The van der Waals surface area contributed by atoms with Crippen LogP contribution < -0.4 is 5.32 Å². The average Bonchev–Trinajstić information content (AvgIpc) is 2.34.